The standard InChI is InChI=1S/C32H45NO3S2/c1-34-27-17-15-26(16-18-27)32(37-3)25-36-31-24-28(35-2)19-20-29(31)30(32)14-10-7-5-4-6-8-12-22-38-23-13-9-11-21-33/h15-20,24,30H,4-14,22-23,25H2,1-3H3. The molecule has 1 heterocycles. The maximum absolute atomic E-state index is 8.59. The highest BCUT2D eigenvalue weighted by Gasteiger charge is 2.45. The van der Waals surface area contributed by atoms with E-state index in [4.69, 9.17) is 19.5 Å². The van der Waals surface area contributed by atoms with Crippen LogP contribution in [0.2, 0.25) is 0 Å². The van der Waals surface area contributed by atoms with Crippen LogP contribution in [0.15, 0.2) is 42.5 Å². The molecule has 38 heavy (non-hydrogen) atoms. The molecular weight excluding hydrogens is 510 g/mol. The van der Waals surface area contributed by atoms with Gasteiger partial charge >= 0.3 is 0 Å². The summed E-state index contributed by atoms with van der Waals surface area (Å²) >= 11 is 3.97. The van der Waals surface area contributed by atoms with E-state index >= 15 is 0 Å². The van der Waals surface area contributed by atoms with Crippen molar-refractivity contribution in [3.63, 3.8) is 0 Å². The van der Waals surface area contributed by atoms with Gasteiger partial charge in [0.25, 0.3) is 0 Å². The van der Waals surface area contributed by atoms with E-state index in [1.165, 1.54) is 74.0 Å². The fourth-order valence-electron chi connectivity index (χ4n) is 5.40. The number of ether oxygens (including phenoxy) is 3. The fraction of sp³-hybridized carbons (Fsp3) is 0.594. The Labute approximate surface area is 239 Å². The van der Waals surface area contributed by atoms with Gasteiger partial charge in [-0.2, -0.15) is 17.0 Å². The normalized spacial score (nSPS) is 18.3. The van der Waals surface area contributed by atoms with Crippen molar-refractivity contribution in [3.05, 3.63) is 53.6 Å². The van der Waals surface area contributed by atoms with Crippen molar-refractivity contribution in [3.8, 4) is 23.3 Å². The minimum Gasteiger partial charge on any atom is -0.497 e. The molecule has 6 heteroatoms. The summed E-state index contributed by atoms with van der Waals surface area (Å²) in [6.45, 7) is 0.654. The highest BCUT2D eigenvalue weighted by molar-refractivity contribution is 7.99. The summed E-state index contributed by atoms with van der Waals surface area (Å²) in [4.78, 5) is 0. The summed E-state index contributed by atoms with van der Waals surface area (Å²) in [7, 11) is 3.43. The largest absolute Gasteiger partial charge is 0.497 e. The molecule has 0 radical (unpaired) electrons. The molecule has 0 aromatic heterocycles. The number of thioether (sulfide) groups is 2. The van der Waals surface area contributed by atoms with Gasteiger partial charge in [0.15, 0.2) is 0 Å². The fourth-order valence-corrected chi connectivity index (χ4v) is 7.50. The van der Waals surface area contributed by atoms with Gasteiger partial charge in [0, 0.05) is 18.4 Å². The van der Waals surface area contributed by atoms with Crippen LogP contribution in [0.4, 0.5) is 0 Å². The van der Waals surface area contributed by atoms with Gasteiger partial charge in [-0.25, -0.2) is 0 Å². The number of methoxy groups -OCH3 is 2. The highest BCUT2D eigenvalue weighted by Crippen LogP contribution is 2.55. The van der Waals surface area contributed by atoms with Crippen LogP contribution in [0.5, 0.6) is 17.2 Å². The number of benzene rings is 2. The maximum atomic E-state index is 8.59. The smallest absolute Gasteiger partial charge is 0.126 e. The number of rotatable bonds is 18. The van der Waals surface area contributed by atoms with Crippen molar-refractivity contribution in [2.45, 2.75) is 81.3 Å². The molecule has 0 aliphatic carbocycles. The summed E-state index contributed by atoms with van der Waals surface area (Å²) in [5, 5.41) is 8.59. The molecule has 4 nitrogen and oxygen atoms in total. The first kappa shape index (κ1) is 30.6. The van der Waals surface area contributed by atoms with Gasteiger partial charge in [0.1, 0.15) is 23.9 Å². The Hall–Kier alpha value is -1.97. The zero-order valence-corrected chi connectivity index (χ0v) is 25.1. The maximum Gasteiger partial charge on any atom is 0.126 e. The second kappa shape index (κ2) is 16.9. The average molecular weight is 556 g/mol. The number of nitriles is 1. The molecule has 0 amide bonds. The van der Waals surface area contributed by atoms with Crippen molar-refractivity contribution >= 4 is 23.5 Å². The molecule has 0 saturated heterocycles. The van der Waals surface area contributed by atoms with Crippen LogP contribution in [0.1, 0.15) is 87.7 Å². The first-order valence-electron chi connectivity index (χ1n) is 14.1. The minimum absolute atomic E-state index is 0.125. The van der Waals surface area contributed by atoms with E-state index in [2.05, 4.69) is 60.5 Å². The Kier molecular flexibility index (Phi) is 13.6. The van der Waals surface area contributed by atoms with Crippen LogP contribution in [0, 0.1) is 11.3 Å². The van der Waals surface area contributed by atoms with Gasteiger partial charge in [-0.15, -0.1) is 11.8 Å². The zero-order chi connectivity index (χ0) is 27.1. The molecule has 0 saturated carbocycles. The Balaban J connectivity index is 1.51. The molecule has 208 valence electrons. The molecule has 3 rings (SSSR count). The first-order chi connectivity index (χ1) is 18.7. The van der Waals surface area contributed by atoms with E-state index in [0.717, 1.165) is 30.1 Å². The molecular formula is C32H45NO3S2. The van der Waals surface area contributed by atoms with Crippen LogP contribution in [0.25, 0.3) is 0 Å². The topological polar surface area (TPSA) is 51.5 Å². The number of hydrogen-bond acceptors (Lipinski definition) is 6. The predicted octanol–water partition coefficient (Wildman–Crippen LogP) is 8.99. The SMILES string of the molecule is COc1ccc(C2(SC)COc3cc(OC)ccc3C2CCCCCCCCCSCCCCC#N)cc1. The van der Waals surface area contributed by atoms with Crippen LogP contribution >= 0.6 is 23.5 Å². The molecule has 2 atom stereocenters. The molecule has 0 spiro atoms. The van der Waals surface area contributed by atoms with E-state index in [9.17, 15) is 0 Å². The van der Waals surface area contributed by atoms with Crippen molar-refractivity contribution in [2.75, 3.05) is 38.6 Å². The first-order valence-corrected chi connectivity index (χ1v) is 16.5. The number of nitrogens with zero attached hydrogens (tertiary/aromatic N) is 1. The Morgan fingerprint density at radius 3 is 2.16 bits per heavy atom. The van der Waals surface area contributed by atoms with Crippen LogP contribution in [0.3, 0.4) is 0 Å². The van der Waals surface area contributed by atoms with E-state index in [-0.39, 0.29) is 4.75 Å². The van der Waals surface area contributed by atoms with Crippen molar-refractivity contribution in [1.82, 2.24) is 0 Å². The molecule has 2 aromatic carbocycles. The van der Waals surface area contributed by atoms with Gasteiger partial charge in [-0.05, 0) is 72.8 Å². The van der Waals surface area contributed by atoms with E-state index in [1.54, 1.807) is 14.2 Å². The van der Waals surface area contributed by atoms with Crippen LogP contribution < -0.4 is 14.2 Å². The molecule has 1 aliphatic heterocycles. The van der Waals surface area contributed by atoms with E-state index in [0.29, 0.717) is 18.9 Å². The second-order valence-electron chi connectivity index (χ2n) is 10.1. The van der Waals surface area contributed by atoms with Gasteiger partial charge in [0.05, 0.1) is 25.0 Å². The summed E-state index contributed by atoms with van der Waals surface area (Å²) in [6.07, 6.45) is 15.5. The summed E-state index contributed by atoms with van der Waals surface area (Å²) in [5.74, 6) is 5.56. The summed E-state index contributed by atoms with van der Waals surface area (Å²) in [6, 6.07) is 17.1. The lowest BCUT2D eigenvalue weighted by molar-refractivity contribution is 0.210. The average Bonchev–Trinajstić information content (AvgIpc) is 2.97. The molecule has 1 aliphatic rings. The van der Waals surface area contributed by atoms with Gasteiger partial charge < -0.3 is 14.2 Å². The third-order valence-electron chi connectivity index (χ3n) is 7.65. The lowest BCUT2D eigenvalue weighted by atomic mass is 9.76. The summed E-state index contributed by atoms with van der Waals surface area (Å²) in [5.41, 5.74) is 2.60. The number of hydrogen-bond donors (Lipinski definition) is 0. The van der Waals surface area contributed by atoms with Crippen LogP contribution in [-0.2, 0) is 4.75 Å². The zero-order valence-electron chi connectivity index (χ0n) is 23.5. The quantitative estimate of drug-likeness (QED) is 0.171. The lowest BCUT2D eigenvalue weighted by Crippen LogP contribution is -2.40. The van der Waals surface area contributed by atoms with Crippen molar-refractivity contribution in [2.24, 2.45) is 0 Å². The second-order valence-corrected chi connectivity index (χ2v) is 12.4. The molecule has 2 unspecified atom stereocenters. The minimum atomic E-state index is -0.125. The van der Waals surface area contributed by atoms with Gasteiger partial charge in [-0.1, -0.05) is 56.7 Å². The summed E-state index contributed by atoms with van der Waals surface area (Å²) < 4.78 is 17.2. The molecule has 0 N–H and O–H groups in total. The Bertz CT molecular complexity index is 991. The Morgan fingerprint density at radius 2 is 1.50 bits per heavy atom. The molecule has 2 aromatic rings. The van der Waals surface area contributed by atoms with Crippen molar-refractivity contribution < 1.29 is 14.2 Å². The third-order valence-corrected chi connectivity index (χ3v) is 10.2. The Morgan fingerprint density at radius 1 is 0.868 bits per heavy atom. The van der Waals surface area contributed by atoms with Gasteiger partial charge in [-0.3, -0.25) is 0 Å². The third kappa shape index (κ3) is 8.52. The monoisotopic (exact) mass is 555 g/mol. The van der Waals surface area contributed by atoms with Crippen LogP contribution in [-0.4, -0.2) is 38.6 Å². The molecule has 0 fully saturated rings. The lowest BCUT2D eigenvalue weighted by Gasteiger charge is -2.44. The predicted molar refractivity (Wildman–Crippen MR) is 163 cm³/mol. The van der Waals surface area contributed by atoms with E-state index in [1.807, 2.05) is 17.8 Å². The molecule has 0 bridgehead atoms. The van der Waals surface area contributed by atoms with Crippen molar-refractivity contribution in [1.29, 1.82) is 5.26 Å². The number of unbranched alkanes of at least 4 members (excludes halogenated alkanes) is 8. The number of fused-ring (bicyclic) bond motifs is 1. The van der Waals surface area contributed by atoms with Gasteiger partial charge in [0.2, 0.25) is 0 Å². The highest BCUT2D eigenvalue weighted by atomic mass is 32.2. The van der Waals surface area contributed by atoms with E-state index < -0.39 is 0 Å².